The van der Waals surface area contributed by atoms with Crippen LogP contribution in [0.15, 0.2) is 42.5 Å². The van der Waals surface area contributed by atoms with Crippen LogP contribution in [-0.2, 0) is 33.5 Å². The van der Waals surface area contributed by atoms with Gasteiger partial charge in [-0.2, -0.15) is 0 Å². The molecule has 192 valence electrons. The Morgan fingerprint density at radius 3 is 2.51 bits per heavy atom. The summed E-state index contributed by atoms with van der Waals surface area (Å²) in [7, 11) is 0. The highest BCUT2D eigenvalue weighted by Gasteiger charge is 2.28. The smallest absolute Gasteiger partial charge is 0.306 e. The standard InChI is InChI=1S/C30H43NO4/c1-6-34-29(33)14-13-24-12-11-21(2)15-28(24)22(3)35-20-27(32)19-31-30(4,5)18-23-16-25-9-7-8-10-26(25)17-23/h7-12,15,22-23,27,31-32H,6,13-14,16-20H2,1-5H3/t22-,27-/m1/s1. The molecule has 3 rings (SSSR count). The molecule has 2 aromatic carbocycles. The quantitative estimate of drug-likeness (QED) is 0.390. The molecule has 0 radical (unpaired) electrons. The molecule has 2 N–H and O–H groups in total. The Kier molecular flexibility index (Phi) is 9.90. The van der Waals surface area contributed by atoms with E-state index in [1.807, 2.05) is 13.8 Å². The van der Waals surface area contributed by atoms with Gasteiger partial charge in [-0.15, -0.1) is 0 Å². The molecule has 0 aliphatic heterocycles. The molecule has 0 fully saturated rings. The van der Waals surface area contributed by atoms with Crippen molar-refractivity contribution in [3.8, 4) is 0 Å². The second-order valence-corrected chi connectivity index (χ2v) is 10.6. The van der Waals surface area contributed by atoms with Crippen molar-refractivity contribution in [3.63, 3.8) is 0 Å². The molecule has 0 unspecified atom stereocenters. The number of aliphatic hydroxyl groups excluding tert-OH is 1. The van der Waals surface area contributed by atoms with Crippen molar-refractivity contribution in [1.29, 1.82) is 0 Å². The van der Waals surface area contributed by atoms with E-state index >= 15 is 0 Å². The number of esters is 1. The lowest BCUT2D eigenvalue weighted by atomic mass is 9.88. The molecular weight excluding hydrogens is 438 g/mol. The number of rotatable bonds is 13. The molecule has 0 aromatic heterocycles. The van der Waals surface area contributed by atoms with Crippen molar-refractivity contribution >= 4 is 5.97 Å². The lowest BCUT2D eigenvalue weighted by Gasteiger charge is -2.31. The number of hydrogen-bond acceptors (Lipinski definition) is 5. The Morgan fingerprint density at radius 1 is 1.17 bits per heavy atom. The monoisotopic (exact) mass is 481 g/mol. The zero-order chi connectivity index (χ0) is 25.4. The number of β-amino-alcohol motifs (C(OH)–C–C–N with tert-alkyl or cyclic N) is 1. The molecule has 0 heterocycles. The average molecular weight is 482 g/mol. The van der Waals surface area contributed by atoms with Gasteiger partial charge in [-0.1, -0.05) is 48.0 Å². The summed E-state index contributed by atoms with van der Waals surface area (Å²) in [5, 5.41) is 14.2. The number of carbonyl (C=O) groups excluding carboxylic acids is 1. The van der Waals surface area contributed by atoms with Crippen LogP contribution in [0.5, 0.6) is 0 Å². The third-order valence-corrected chi connectivity index (χ3v) is 6.93. The maximum absolute atomic E-state index is 11.8. The van der Waals surface area contributed by atoms with Gasteiger partial charge in [0.25, 0.3) is 0 Å². The summed E-state index contributed by atoms with van der Waals surface area (Å²) in [6.45, 7) is 11.5. The summed E-state index contributed by atoms with van der Waals surface area (Å²) in [6, 6.07) is 15.0. The summed E-state index contributed by atoms with van der Waals surface area (Å²) in [6.07, 6.45) is 3.55. The van der Waals surface area contributed by atoms with Crippen LogP contribution in [0.25, 0.3) is 0 Å². The Hall–Kier alpha value is -2.21. The van der Waals surface area contributed by atoms with Gasteiger partial charge in [-0.05, 0) is 88.5 Å². The van der Waals surface area contributed by atoms with Gasteiger partial charge in [0.1, 0.15) is 0 Å². The number of benzene rings is 2. The molecule has 1 aliphatic rings. The molecule has 0 saturated heterocycles. The number of ether oxygens (including phenoxy) is 2. The molecule has 0 spiro atoms. The minimum absolute atomic E-state index is 0.0594. The predicted octanol–water partition coefficient (Wildman–Crippen LogP) is 5.10. The van der Waals surface area contributed by atoms with E-state index in [2.05, 4.69) is 68.6 Å². The van der Waals surface area contributed by atoms with Crippen molar-refractivity contribution in [2.75, 3.05) is 19.8 Å². The fourth-order valence-corrected chi connectivity index (χ4v) is 5.18. The Balaban J connectivity index is 1.45. The summed E-state index contributed by atoms with van der Waals surface area (Å²) in [5.41, 5.74) is 6.20. The number of aryl methyl sites for hydroxylation is 2. The Morgan fingerprint density at radius 2 is 1.86 bits per heavy atom. The van der Waals surface area contributed by atoms with Gasteiger partial charge in [-0.25, -0.2) is 0 Å². The van der Waals surface area contributed by atoms with E-state index in [1.54, 1.807) is 0 Å². The van der Waals surface area contributed by atoms with E-state index in [1.165, 1.54) is 11.1 Å². The van der Waals surface area contributed by atoms with Crippen LogP contribution in [0, 0.1) is 12.8 Å². The first-order valence-electron chi connectivity index (χ1n) is 13.0. The Bertz CT molecular complexity index is 946. The van der Waals surface area contributed by atoms with Gasteiger partial charge in [-0.3, -0.25) is 4.79 Å². The van der Waals surface area contributed by atoms with Crippen LogP contribution in [0.1, 0.15) is 74.5 Å². The third kappa shape index (κ3) is 8.45. The summed E-state index contributed by atoms with van der Waals surface area (Å²) in [5.74, 6) is 0.454. The lowest BCUT2D eigenvalue weighted by Crippen LogP contribution is -2.45. The minimum atomic E-state index is -0.592. The second-order valence-electron chi connectivity index (χ2n) is 10.6. The molecular formula is C30H43NO4. The van der Waals surface area contributed by atoms with Crippen LogP contribution in [0.4, 0.5) is 0 Å². The molecule has 35 heavy (non-hydrogen) atoms. The van der Waals surface area contributed by atoms with E-state index < -0.39 is 6.10 Å². The highest BCUT2D eigenvalue weighted by Crippen LogP contribution is 2.32. The fourth-order valence-electron chi connectivity index (χ4n) is 5.18. The topological polar surface area (TPSA) is 67.8 Å². The average Bonchev–Trinajstić information content (AvgIpc) is 3.22. The summed E-state index contributed by atoms with van der Waals surface area (Å²) < 4.78 is 11.1. The third-order valence-electron chi connectivity index (χ3n) is 6.93. The molecule has 5 heteroatoms. The molecule has 5 nitrogen and oxygen atoms in total. The molecule has 2 aromatic rings. The normalized spacial score (nSPS) is 15.6. The maximum Gasteiger partial charge on any atom is 0.306 e. The van der Waals surface area contributed by atoms with Crippen molar-refractivity contribution in [3.05, 3.63) is 70.3 Å². The second kappa shape index (κ2) is 12.7. The highest BCUT2D eigenvalue weighted by atomic mass is 16.5. The van der Waals surface area contributed by atoms with Crippen LogP contribution in [-0.4, -0.2) is 42.5 Å². The van der Waals surface area contributed by atoms with Gasteiger partial charge in [0.05, 0.1) is 25.4 Å². The number of aliphatic hydroxyl groups is 1. The SMILES string of the molecule is CCOC(=O)CCc1ccc(C)cc1[C@@H](C)OC[C@H](O)CNC(C)(C)CC1Cc2ccccc2C1. The van der Waals surface area contributed by atoms with E-state index in [0.29, 0.717) is 31.9 Å². The van der Waals surface area contributed by atoms with Crippen LogP contribution in [0.2, 0.25) is 0 Å². The number of hydrogen-bond donors (Lipinski definition) is 2. The predicted molar refractivity (Wildman–Crippen MR) is 141 cm³/mol. The van der Waals surface area contributed by atoms with E-state index in [-0.39, 0.29) is 24.2 Å². The molecule has 0 amide bonds. The summed E-state index contributed by atoms with van der Waals surface area (Å²) in [4.78, 5) is 11.8. The van der Waals surface area contributed by atoms with Gasteiger partial charge < -0.3 is 19.9 Å². The van der Waals surface area contributed by atoms with E-state index in [4.69, 9.17) is 9.47 Å². The van der Waals surface area contributed by atoms with Crippen molar-refractivity contribution < 1.29 is 19.4 Å². The summed E-state index contributed by atoms with van der Waals surface area (Å²) >= 11 is 0. The van der Waals surface area contributed by atoms with Crippen LogP contribution < -0.4 is 5.32 Å². The Labute approximate surface area is 211 Å². The van der Waals surface area contributed by atoms with E-state index in [0.717, 1.165) is 36.0 Å². The van der Waals surface area contributed by atoms with Crippen molar-refractivity contribution in [1.82, 2.24) is 5.32 Å². The first-order chi connectivity index (χ1) is 16.7. The first kappa shape index (κ1) is 27.4. The van der Waals surface area contributed by atoms with Crippen molar-refractivity contribution in [2.45, 2.75) is 84.5 Å². The first-order valence-corrected chi connectivity index (χ1v) is 13.0. The van der Waals surface area contributed by atoms with Crippen molar-refractivity contribution in [2.24, 2.45) is 5.92 Å². The van der Waals surface area contributed by atoms with Crippen LogP contribution in [0.3, 0.4) is 0 Å². The van der Waals surface area contributed by atoms with Gasteiger partial charge in [0, 0.05) is 18.5 Å². The minimum Gasteiger partial charge on any atom is -0.466 e. The van der Waals surface area contributed by atoms with E-state index in [9.17, 15) is 9.90 Å². The van der Waals surface area contributed by atoms with Crippen LogP contribution >= 0.6 is 0 Å². The molecule has 2 atom stereocenters. The molecule has 1 aliphatic carbocycles. The highest BCUT2D eigenvalue weighted by molar-refractivity contribution is 5.69. The van der Waals surface area contributed by atoms with Gasteiger partial charge in [0.2, 0.25) is 0 Å². The number of nitrogens with one attached hydrogen (secondary N) is 1. The largest absolute Gasteiger partial charge is 0.466 e. The molecule has 0 saturated carbocycles. The zero-order valence-corrected chi connectivity index (χ0v) is 22.1. The zero-order valence-electron chi connectivity index (χ0n) is 22.1. The lowest BCUT2D eigenvalue weighted by molar-refractivity contribution is -0.143. The number of carbonyl (C=O) groups is 1. The fraction of sp³-hybridized carbons (Fsp3) is 0.567. The van der Waals surface area contributed by atoms with Gasteiger partial charge >= 0.3 is 5.97 Å². The maximum atomic E-state index is 11.8. The number of fused-ring (bicyclic) bond motifs is 1. The molecule has 0 bridgehead atoms. The van der Waals surface area contributed by atoms with Gasteiger partial charge in [0.15, 0.2) is 0 Å².